The normalized spacial score (nSPS) is 10.7. The summed E-state index contributed by atoms with van der Waals surface area (Å²) in [4.78, 5) is 17.8. The first kappa shape index (κ1) is 15.1. The maximum atomic E-state index is 11.7. The van der Waals surface area contributed by atoms with E-state index in [-0.39, 0.29) is 5.91 Å². The van der Waals surface area contributed by atoms with Gasteiger partial charge in [0.15, 0.2) is 0 Å². The first-order chi connectivity index (χ1) is 8.59. The lowest BCUT2D eigenvalue weighted by molar-refractivity contribution is 0.0895. The Morgan fingerprint density at radius 2 is 2.22 bits per heavy atom. The summed E-state index contributed by atoms with van der Waals surface area (Å²) in [6, 6.07) is 5.23. The summed E-state index contributed by atoms with van der Waals surface area (Å²) < 4.78 is 6.02. The number of carbonyl (C=O) groups excluding carboxylic acids is 1. The third-order valence-electron chi connectivity index (χ3n) is 2.16. The van der Waals surface area contributed by atoms with Gasteiger partial charge in [-0.1, -0.05) is 6.07 Å². The molecule has 0 atom stereocenters. The molecular weight excluding hydrogens is 298 g/mol. The molecule has 0 spiro atoms. The van der Waals surface area contributed by atoms with Gasteiger partial charge in [0.1, 0.15) is 10.3 Å². The predicted octanol–water partition coefficient (Wildman–Crippen LogP) is 1.15. The second-order valence-corrected chi connectivity index (χ2v) is 4.83. The number of nitrogens with zero attached hydrogens (tertiary/aromatic N) is 2. The van der Waals surface area contributed by atoms with Crippen molar-refractivity contribution in [1.82, 2.24) is 15.2 Å². The lowest BCUT2D eigenvalue weighted by atomic mass is 10.3. The van der Waals surface area contributed by atoms with Crippen molar-refractivity contribution in [2.24, 2.45) is 0 Å². The van der Waals surface area contributed by atoms with E-state index in [9.17, 15) is 4.79 Å². The lowest BCUT2D eigenvalue weighted by Crippen LogP contribution is -2.29. The zero-order chi connectivity index (χ0) is 13.4. The number of ether oxygens (including phenoxy) is 1. The highest BCUT2D eigenvalue weighted by atomic mass is 79.9. The Morgan fingerprint density at radius 1 is 1.44 bits per heavy atom. The second kappa shape index (κ2) is 8.18. The van der Waals surface area contributed by atoms with Gasteiger partial charge in [0.2, 0.25) is 0 Å². The van der Waals surface area contributed by atoms with Crippen LogP contribution >= 0.6 is 15.9 Å². The summed E-state index contributed by atoms with van der Waals surface area (Å²) in [5.41, 5.74) is 0.401. The maximum Gasteiger partial charge on any atom is 0.270 e. The Morgan fingerprint density at radius 3 is 2.89 bits per heavy atom. The van der Waals surface area contributed by atoms with E-state index >= 15 is 0 Å². The molecule has 0 radical (unpaired) electrons. The molecule has 0 aromatic carbocycles. The molecule has 0 bridgehead atoms. The molecule has 5 nitrogen and oxygen atoms in total. The summed E-state index contributed by atoms with van der Waals surface area (Å²) >= 11 is 3.23. The third-order valence-corrected chi connectivity index (χ3v) is 2.60. The summed E-state index contributed by atoms with van der Waals surface area (Å²) in [5, 5.41) is 2.75. The number of halogens is 1. The van der Waals surface area contributed by atoms with Crippen LogP contribution in [0.15, 0.2) is 22.8 Å². The molecule has 0 aliphatic rings. The lowest BCUT2D eigenvalue weighted by Gasteiger charge is -2.10. The van der Waals surface area contributed by atoms with Crippen molar-refractivity contribution in [1.29, 1.82) is 0 Å². The quantitative estimate of drug-likeness (QED) is 0.606. The van der Waals surface area contributed by atoms with Crippen LogP contribution in [0.5, 0.6) is 0 Å². The van der Waals surface area contributed by atoms with E-state index in [1.165, 1.54) is 0 Å². The van der Waals surface area contributed by atoms with E-state index in [2.05, 4.69) is 26.2 Å². The number of aromatic nitrogens is 1. The molecule has 0 unspecified atom stereocenters. The standard InChI is InChI=1S/C12H18BrN3O2/c1-16(2)7-9-18-8-6-14-12(17)10-4-3-5-11(13)15-10/h3-5H,6-9H2,1-2H3,(H,14,17). The molecule has 6 heteroatoms. The van der Waals surface area contributed by atoms with Gasteiger partial charge in [-0.25, -0.2) is 4.98 Å². The van der Waals surface area contributed by atoms with E-state index in [1.54, 1.807) is 18.2 Å². The molecule has 0 saturated carbocycles. The summed E-state index contributed by atoms with van der Waals surface area (Å²) in [6.07, 6.45) is 0. The van der Waals surface area contributed by atoms with Gasteiger partial charge in [-0.2, -0.15) is 0 Å². The second-order valence-electron chi connectivity index (χ2n) is 4.02. The average molecular weight is 316 g/mol. The molecule has 1 rings (SSSR count). The molecular formula is C12H18BrN3O2. The monoisotopic (exact) mass is 315 g/mol. The molecule has 1 amide bonds. The van der Waals surface area contributed by atoms with Crippen LogP contribution in [-0.2, 0) is 4.74 Å². The number of pyridine rings is 1. The number of hydrogen-bond acceptors (Lipinski definition) is 4. The van der Waals surface area contributed by atoms with Gasteiger partial charge in [-0.3, -0.25) is 4.79 Å². The fraction of sp³-hybridized carbons (Fsp3) is 0.500. The number of carbonyl (C=O) groups is 1. The van der Waals surface area contributed by atoms with Gasteiger partial charge >= 0.3 is 0 Å². The van der Waals surface area contributed by atoms with Crippen molar-refractivity contribution in [2.45, 2.75) is 0 Å². The fourth-order valence-corrected chi connectivity index (χ4v) is 1.55. The number of rotatable bonds is 7. The third kappa shape index (κ3) is 6.09. The van der Waals surface area contributed by atoms with Crippen molar-refractivity contribution >= 4 is 21.8 Å². The van der Waals surface area contributed by atoms with Gasteiger partial charge in [0, 0.05) is 13.1 Å². The topological polar surface area (TPSA) is 54.5 Å². The van der Waals surface area contributed by atoms with E-state index in [0.29, 0.717) is 30.1 Å². The smallest absolute Gasteiger partial charge is 0.270 e. The molecule has 1 aromatic rings. The van der Waals surface area contributed by atoms with Crippen LogP contribution in [0.3, 0.4) is 0 Å². The molecule has 0 aliphatic carbocycles. The van der Waals surface area contributed by atoms with E-state index < -0.39 is 0 Å². The van der Waals surface area contributed by atoms with Gasteiger partial charge < -0.3 is 15.0 Å². The van der Waals surface area contributed by atoms with Crippen molar-refractivity contribution in [3.8, 4) is 0 Å². The average Bonchev–Trinajstić information content (AvgIpc) is 2.33. The van der Waals surface area contributed by atoms with Crippen molar-refractivity contribution in [3.63, 3.8) is 0 Å². The molecule has 0 fully saturated rings. The predicted molar refractivity (Wildman–Crippen MR) is 73.6 cm³/mol. The van der Waals surface area contributed by atoms with E-state index in [1.807, 2.05) is 19.0 Å². The number of nitrogens with one attached hydrogen (secondary N) is 1. The van der Waals surface area contributed by atoms with Gasteiger partial charge in [-0.15, -0.1) is 0 Å². The van der Waals surface area contributed by atoms with Crippen LogP contribution in [0.1, 0.15) is 10.5 Å². The largest absolute Gasteiger partial charge is 0.378 e. The Bertz CT molecular complexity index is 385. The first-order valence-corrected chi connectivity index (χ1v) is 6.52. The van der Waals surface area contributed by atoms with Crippen LogP contribution in [0.4, 0.5) is 0 Å². The number of amides is 1. The summed E-state index contributed by atoms with van der Waals surface area (Å²) in [6.45, 7) is 2.53. The van der Waals surface area contributed by atoms with Gasteiger partial charge in [0.25, 0.3) is 5.91 Å². The zero-order valence-electron chi connectivity index (χ0n) is 10.6. The molecule has 0 aliphatic heterocycles. The Kier molecular flexibility index (Phi) is 6.85. The highest BCUT2D eigenvalue weighted by Crippen LogP contribution is 2.05. The fourth-order valence-electron chi connectivity index (χ4n) is 1.21. The van der Waals surface area contributed by atoms with Crippen LogP contribution in [0, 0.1) is 0 Å². The van der Waals surface area contributed by atoms with Crippen molar-refractivity contribution < 1.29 is 9.53 Å². The summed E-state index contributed by atoms with van der Waals surface area (Å²) in [7, 11) is 3.98. The maximum absolute atomic E-state index is 11.7. The Hall–Kier alpha value is -0.980. The molecule has 18 heavy (non-hydrogen) atoms. The minimum atomic E-state index is -0.187. The Balaban J connectivity index is 2.18. The van der Waals surface area contributed by atoms with Gasteiger partial charge in [-0.05, 0) is 42.2 Å². The number of likely N-dealkylation sites (N-methyl/N-ethyl adjacent to an activating group) is 1. The minimum absolute atomic E-state index is 0.187. The number of hydrogen-bond donors (Lipinski definition) is 1. The van der Waals surface area contributed by atoms with Crippen molar-refractivity contribution in [3.05, 3.63) is 28.5 Å². The minimum Gasteiger partial charge on any atom is -0.378 e. The molecule has 0 saturated heterocycles. The summed E-state index contributed by atoms with van der Waals surface area (Å²) in [5.74, 6) is -0.187. The van der Waals surface area contributed by atoms with Crippen LogP contribution < -0.4 is 5.32 Å². The SMILES string of the molecule is CN(C)CCOCCNC(=O)c1cccc(Br)n1. The van der Waals surface area contributed by atoms with Crippen LogP contribution in [0.2, 0.25) is 0 Å². The van der Waals surface area contributed by atoms with Crippen LogP contribution in [0.25, 0.3) is 0 Å². The first-order valence-electron chi connectivity index (χ1n) is 5.73. The zero-order valence-corrected chi connectivity index (χ0v) is 12.2. The molecule has 1 heterocycles. The highest BCUT2D eigenvalue weighted by Gasteiger charge is 2.06. The highest BCUT2D eigenvalue weighted by molar-refractivity contribution is 9.10. The Labute approximate surface area is 116 Å². The molecule has 100 valence electrons. The molecule has 1 N–H and O–H groups in total. The van der Waals surface area contributed by atoms with E-state index in [4.69, 9.17) is 4.74 Å². The van der Waals surface area contributed by atoms with Crippen LogP contribution in [-0.4, -0.2) is 56.2 Å². The van der Waals surface area contributed by atoms with Gasteiger partial charge in [0.05, 0.1) is 13.2 Å². The van der Waals surface area contributed by atoms with E-state index in [0.717, 1.165) is 6.54 Å². The molecule has 1 aromatic heterocycles. The van der Waals surface area contributed by atoms with Crippen molar-refractivity contribution in [2.75, 3.05) is 40.4 Å².